The standard InChI is InChI=1S/C13H29O4P/c1-4-7-9-12(6-3)11-13(10-8-5-2)17-18(14,15)16/h12-13H,4-11H2,1-3H3,(H2,14,15,16). The minimum Gasteiger partial charge on any atom is -0.303 e. The molecule has 18 heavy (non-hydrogen) atoms. The lowest BCUT2D eigenvalue weighted by Crippen LogP contribution is -2.17. The average molecular weight is 280 g/mol. The Hall–Kier alpha value is 0.110. The minimum absolute atomic E-state index is 0.299. The highest BCUT2D eigenvalue weighted by atomic mass is 31.2. The Kier molecular flexibility index (Phi) is 10.0. The van der Waals surface area contributed by atoms with Gasteiger partial charge in [0.15, 0.2) is 0 Å². The first-order valence-electron chi connectivity index (χ1n) is 7.16. The maximum Gasteiger partial charge on any atom is 0.469 e. The maximum absolute atomic E-state index is 11.0. The third-order valence-corrected chi connectivity index (χ3v) is 3.88. The molecule has 0 bridgehead atoms. The van der Waals surface area contributed by atoms with Crippen molar-refractivity contribution in [3.63, 3.8) is 0 Å². The zero-order chi connectivity index (χ0) is 14.0. The normalized spacial score (nSPS) is 15.6. The molecule has 2 N–H and O–H groups in total. The van der Waals surface area contributed by atoms with E-state index < -0.39 is 7.82 Å². The second kappa shape index (κ2) is 9.96. The van der Waals surface area contributed by atoms with Crippen LogP contribution in [0.2, 0.25) is 0 Å². The van der Waals surface area contributed by atoms with E-state index in [1.54, 1.807) is 0 Å². The van der Waals surface area contributed by atoms with E-state index in [-0.39, 0.29) is 6.10 Å². The monoisotopic (exact) mass is 280 g/mol. The van der Waals surface area contributed by atoms with Gasteiger partial charge in [0.25, 0.3) is 0 Å². The van der Waals surface area contributed by atoms with Gasteiger partial charge in [0.1, 0.15) is 0 Å². The molecule has 0 aromatic carbocycles. The summed E-state index contributed by atoms with van der Waals surface area (Å²) in [5.41, 5.74) is 0. The lowest BCUT2D eigenvalue weighted by atomic mass is 9.91. The second-order valence-electron chi connectivity index (χ2n) is 5.01. The van der Waals surface area contributed by atoms with Gasteiger partial charge in [-0.3, -0.25) is 4.52 Å². The number of hydrogen-bond donors (Lipinski definition) is 2. The molecule has 0 saturated carbocycles. The van der Waals surface area contributed by atoms with Crippen molar-refractivity contribution in [2.75, 3.05) is 0 Å². The highest BCUT2D eigenvalue weighted by Crippen LogP contribution is 2.40. The molecule has 0 aliphatic carbocycles. The molecule has 0 aliphatic rings. The summed E-state index contributed by atoms with van der Waals surface area (Å²) in [5, 5.41) is 0. The third kappa shape index (κ3) is 10.1. The van der Waals surface area contributed by atoms with Gasteiger partial charge in [0.05, 0.1) is 6.10 Å². The lowest BCUT2D eigenvalue weighted by molar-refractivity contribution is 0.102. The Morgan fingerprint density at radius 1 is 1.06 bits per heavy atom. The molecule has 4 nitrogen and oxygen atoms in total. The Morgan fingerprint density at radius 2 is 1.61 bits per heavy atom. The summed E-state index contributed by atoms with van der Waals surface area (Å²) in [6, 6.07) is 0. The topological polar surface area (TPSA) is 66.8 Å². The molecule has 0 radical (unpaired) electrons. The van der Waals surface area contributed by atoms with Crippen LogP contribution < -0.4 is 0 Å². The molecular weight excluding hydrogens is 251 g/mol. The van der Waals surface area contributed by atoms with Crippen molar-refractivity contribution in [3.8, 4) is 0 Å². The predicted molar refractivity (Wildman–Crippen MR) is 74.4 cm³/mol. The zero-order valence-electron chi connectivity index (χ0n) is 12.0. The van der Waals surface area contributed by atoms with Gasteiger partial charge >= 0.3 is 7.82 Å². The second-order valence-corrected chi connectivity index (χ2v) is 6.20. The van der Waals surface area contributed by atoms with Crippen molar-refractivity contribution in [2.45, 2.75) is 78.2 Å². The van der Waals surface area contributed by atoms with Gasteiger partial charge < -0.3 is 9.79 Å². The van der Waals surface area contributed by atoms with E-state index in [1.807, 2.05) is 0 Å². The van der Waals surface area contributed by atoms with E-state index in [4.69, 9.17) is 14.3 Å². The highest BCUT2D eigenvalue weighted by molar-refractivity contribution is 7.46. The number of unbranched alkanes of at least 4 members (excludes halogenated alkanes) is 2. The van der Waals surface area contributed by atoms with Crippen molar-refractivity contribution < 1.29 is 18.9 Å². The first kappa shape index (κ1) is 18.1. The van der Waals surface area contributed by atoms with Gasteiger partial charge in [-0.1, -0.05) is 59.3 Å². The van der Waals surface area contributed by atoms with Gasteiger partial charge in [-0.25, -0.2) is 4.57 Å². The fourth-order valence-electron chi connectivity index (χ4n) is 2.19. The fourth-order valence-corrected chi connectivity index (χ4v) is 2.77. The SMILES string of the molecule is CCCCC(CC)CC(CCCC)OP(=O)(O)O. The smallest absolute Gasteiger partial charge is 0.303 e. The minimum atomic E-state index is -4.35. The summed E-state index contributed by atoms with van der Waals surface area (Å²) in [7, 11) is -4.35. The molecule has 0 aliphatic heterocycles. The van der Waals surface area contributed by atoms with Crippen molar-refractivity contribution in [1.29, 1.82) is 0 Å². The van der Waals surface area contributed by atoms with Gasteiger partial charge in [-0.2, -0.15) is 0 Å². The van der Waals surface area contributed by atoms with Crippen LogP contribution in [0.4, 0.5) is 0 Å². The summed E-state index contributed by atoms with van der Waals surface area (Å²) in [4.78, 5) is 17.9. The van der Waals surface area contributed by atoms with Gasteiger partial charge in [0, 0.05) is 0 Å². The van der Waals surface area contributed by atoms with Gasteiger partial charge in [-0.15, -0.1) is 0 Å². The molecule has 0 spiro atoms. The molecule has 2 unspecified atom stereocenters. The van der Waals surface area contributed by atoms with Crippen molar-refractivity contribution in [2.24, 2.45) is 5.92 Å². The molecule has 0 fully saturated rings. The molecule has 110 valence electrons. The predicted octanol–water partition coefficient (Wildman–Crippen LogP) is 4.26. The van der Waals surface area contributed by atoms with E-state index in [0.717, 1.165) is 44.9 Å². The average Bonchev–Trinajstić information content (AvgIpc) is 2.29. The maximum atomic E-state index is 11.0. The molecule has 0 heterocycles. The Bertz CT molecular complexity index is 239. The van der Waals surface area contributed by atoms with E-state index in [0.29, 0.717) is 5.92 Å². The molecular formula is C13H29O4P. The van der Waals surface area contributed by atoms with Crippen LogP contribution in [0.15, 0.2) is 0 Å². The van der Waals surface area contributed by atoms with E-state index in [9.17, 15) is 4.57 Å². The van der Waals surface area contributed by atoms with E-state index >= 15 is 0 Å². The number of rotatable bonds is 11. The lowest BCUT2D eigenvalue weighted by Gasteiger charge is -2.23. The molecule has 2 atom stereocenters. The van der Waals surface area contributed by atoms with Gasteiger partial charge in [-0.05, 0) is 18.8 Å². The summed E-state index contributed by atoms with van der Waals surface area (Å²) in [6.45, 7) is 6.37. The molecule has 5 heteroatoms. The first-order chi connectivity index (χ1) is 8.42. The van der Waals surface area contributed by atoms with E-state index in [1.165, 1.54) is 6.42 Å². The number of phosphoric ester groups is 1. The molecule has 0 aromatic rings. The van der Waals surface area contributed by atoms with Crippen LogP contribution in [0.1, 0.15) is 72.1 Å². The van der Waals surface area contributed by atoms with Crippen LogP contribution >= 0.6 is 7.82 Å². The summed E-state index contributed by atoms with van der Waals surface area (Å²) in [5.74, 6) is 0.512. The van der Waals surface area contributed by atoms with Crippen LogP contribution in [-0.4, -0.2) is 15.9 Å². The van der Waals surface area contributed by atoms with Crippen LogP contribution in [-0.2, 0) is 9.09 Å². The highest BCUT2D eigenvalue weighted by Gasteiger charge is 2.24. The van der Waals surface area contributed by atoms with E-state index in [2.05, 4.69) is 20.8 Å². The molecule has 0 amide bonds. The van der Waals surface area contributed by atoms with Crippen LogP contribution in [0.5, 0.6) is 0 Å². The quantitative estimate of drug-likeness (QED) is 0.555. The summed E-state index contributed by atoms with van der Waals surface area (Å²) >= 11 is 0. The Labute approximate surface area is 111 Å². The van der Waals surface area contributed by atoms with Crippen LogP contribution in [0, 0.1) is 5.92 Å². The number of phosphoric acid groups is 1. The fraction of sp³-hybridized carbons (Fsp3) is 1.00. The summed E-state index contributed by atoms with van der Waals surface area (Å²) < 4.78 is 15.9. The van der Waals surface area contributed by atoms with Crippen molar-refractivity contribution >= 4 is 7.82 Å². The Morgan fingerprint density at radius 3 is 2.06 bits per heavy atom. The number of hydrogen-bond acceptors (Lipinski definition) is 2. The third-order valence-electron chi connectivity index (χ3n) is 3.31. The molecule has 0 saturated heterocycles. The first-order valence-corrected chi connectivity index (χ1v) is 8.69. The summed E-state index contributed by atoms with van der Waals surface area (Å²) in [6.07, 6.45) is 7.69. The molecule has 0 rings (SSSR count). The van der Waals surface area contributed by atoms with Crippen molar-refractivity contribution in [3.05, 3.63) is 0 Å². The van der Waals surface area contributed by atoms with Crippen LogP contribution in [0.3, 0.4) is 0 Å². The zero-order valence-corrected chi connectivity index (χ0v) is 12.9. The molecule has 0 aromatic heterocycles. The largest absolute Gasteiger partial charge is 0.469 e. The van der Waals surface area contributed by atoms with Crippen molar-refractivity contribution in [1.82, 2.24) is 0 Å². The van der Waals surface area contributed by atoms with Crippen LogP contribution in [0.25, 0.3) is 0 Å². The Balaban J connectivity index is 4.30. The van der Waals surface area contributed by atoms with Gasteiger partial charge in [0.2, 0.25) is 0 Å².